The monoisotopic (exact) mass is 251 g/mol. The molecule has 18 heavy (non-hydrogen) atoms. The number of rotatable bonds is 5. The Kier molecular flexibility index (Phi) is 5.01. The number of methoxy groups -OCH3 is 1. The van der Waals surface area contributed by atoms with E-state index < -0.39 is 0 Å². The van der Waals surface area contributed by atoms with E-state index in [1.807, 2.05) is 19.1 Å². The lowest BCUT2D eigenvalue weighted by Crippen LogP contribution is -2.09. The Hall–Kier alpha value is -1.71. The van der Waals surface area contributed by atoms with Gasteiger partial charge in [0.1, 0.15) is 5.75 Å². The molecule has 0 fully saturated rings. The molecule has 4 nitrogen and oxygen atoms in total. The molecule has 100 valence electrons. The van der Waals surface area contributed by atoms with Crippen LogP contribution in [-0.4, -0.2) is 19.7 Å². The van der Waals surface area contributed by atoms with Crippen LogP contribution in [0.2, 0.25) is 0 Å². The van der Waals surface area contributed by atoms with Crippen molar-refractivity contribution in [3.63, 3.8) is 0 Å². The smallest absolute Gasteiger partial charge is 0.308 e. The van der Waals surface area contributed by atoms with Gasteiger partial charge in [-0.15, -0.1) is 0 Å². The van der Waals surface area contributed by atoms with Gasteiger partial charge in [-0.25, -0.2) is 0 Å². The molecule has 0 aliphatic heterocycles. The standard InChI is InChI=1S/C14H21NO3/c1-9(2)11-8-12(15)10(3)7-13(11)18-6-5-14(16)17-4/h7-9H,5-6,15H2,1-4H3. The van der Waals surface area contributed by atoms with Gasteiger partial charge in [0, 0.05) is 5.69 Å². The van der Waals surface area contributed by atoms with Gasteiger partial charge in [0.2, 0.25) is 0 Å². The molecular weight excluding hydrogens is 230 g/mol. The molecule has 0 aliphatic rings. The molecule has 0 atom stereocenters. The van der Waals surface area contributed by atoms with Crippen LogP contribution in [0.4, 0.5) is 5.69 Å². The molecule has 1 aromatic carbocycles. The highest BCUT2D eigenvalue weighted by Crippen LogP contribution is 2.30. The highest BCUT2D eigenvalue weighted by Gasteiger charge is 2.11. The van der Waals surface area contributed by atoms with Gasteiger partial charge in [0.05, 0.1) is 20.1 Å². The maximum atomic E-state index is 11.0. The third-order valence-corrected chi connectivity index (χ3v) is 2.81. The van der Waals surface area contributed by atoms with Crippen molar-refractivity contribution in [2.24, 2.45) is 0 Å². The number of nitrogens with two attached hydrogens (primary N) is 1. The minimum atomic E-state index is -0.270. The van der Waals surface area contributed by atoms with Crippen LogP contribution >= 0.6 is 0 Å². The number of ether oxygens (including phenoxy) is 2. The van der Waals surface area contributed by atoms with Crippen molar-refractivity contribution in [3.8, 4) is 5.75 Å². The molecule has 0 aromatic heterocycles. The molecule has 0 saturated carbocycles. The van der Waals surface area contributed by atoms with Gasteiger partial charge >= 0.3 is 5.97 Å². The Balaban J connectivity index is 2.80. The lowest BCUT2D eigenvalue weighted by molar-refractivity contribution is -0.141. The number of hydrogen-bond donors (Lipinski definition) is 1. The van der Waals surface area contributed by atoms with Crippen LogP contribution < -0.4 is 10.5 Å². The first-order chi connectivity index (χ1) is 8.45. The first-order valence-corrected chi connectivity index (χ1v) is 6.05. The third-order valence-electron chi connectivity index (χ3n) is 2.81. The van der Waals surface area contributed by atoms with Crippen LogP contribution in [0, 0.1) is 6.92 Å². The average molecular weight is 251 g/mol. The predicted molar refractivity (Wildman–Crippen MR) is 71.8 cm³/mol. The number of aryl methyl sites for hydroxylation is 1. The highest BCUT2D eigenvalue weighted by molar-refractivity contribution is 5.69. The molecule has 1 rings (SSSR count). The van der Waals surface area contributed by atoms with Crippen LogP contribution in [0.5, 0.6) is 5.75 Å². The van der Waals surface area contributed by atoms with Crippen molar-refractivity contribution >= 4 is 11.7 Å². The van der Waals surface area contributed by atoms with Gasteiger partial charge in [0.25, 0.3) is 0 Å². The zero-order chi connectivity index (χ0) is 13.7. The van der Waals surface area contributed by atoms with Crippen LogP contribution in [0.1, 0.15) is 37.3 Å². The second-order valence-electron chi connectivity index (χ2n) is 4.58. The molecule has 0 heterocycles. The van der Waals surface area contributed by atoms with Gasteiger partial charge in [-0.1, -0.05) is 13.8 Å². The normalized spacial score (nSPS) is 10.5. The predicted octanol–water partition coefficient (Wildman–Crippen LogP) is 2.64. The summed E-state index contributed by atoms with van der Waals surface area (Å²) in [5.41, 5.74) is 8.70. The number of carbonyl (C=O) groups excluding carboxylic acids is 1. The van der Waals surface area contributed by atoms with E-state index in [1.165, 1.54) is 7.11 Å². The lowest BCUT2D eigenvalue weighted by atomic mass is 9.99. The van der Waals surface area contributed by atoms with E-state index in [0.29, 0.717) is 12.5 Å². The summed E-state index contributed by atoms with van der Waals surface area (Å²) in [5.74, 6) is 0.842. The summed E-state index contributed by atoms with van der Waals surface area (Å²) in [5, 5.41) is 0. The second-order valence-corrected chi connectivity index (χ2v) is 4.58. The minimum absolute atomic E-state index is 0.247. The molecule has 4 heteroatoms. The molecule has 0 amide bonds. The third kappa shape index (κ3) is 3.65. The fraction of sp³-hybridized carbons (Fsp3) is 0.500. The first kappa shape index (κ1) is 14.4. The highest BCUT2D eigenvalue weighted by atomic mass is 16.5. The number of hydrogen-bond acceptors (Lipinski definition) is 4. The molecule has 0 bridgehead atoms. The van der Waals surface area contributed by atoms with Gasteiger partial charge in [0.15, 0.2) is 0 Å². The molecule has 0 saturated heterocycles. The van der Waals surface area contributed by atoms with Crippen LogP contribution in [0.15, 0.2) is 12.1 Å². The Bertz CT molecular complexity index is 427. The number of esters is 1. The van der Waals surface area contributed by atoms with Crippen molar-refractivity contribution in [1.29, 1.82) is 0 Å². The maximum Gasteiger partial charge on any atom is 0.308 e. The molecule has 0 radical (unpaired) electrons. The van der Waals surface area contributed by atoms with Crippen LogP contribution in [-0.2, 0) is 9.53 Å². The summed E-state index contributed by atoms with van der Waals surface area (Å²) >= 11 is 0. The van der Waals surface area contributed by atoms with Gasteiger partial charge in [-0.3, -0.25) is 4.79 Å². The van der Waals surface area contributed by atoms with Crippen molar-refractivity contribution in [2.45, 2.75) is 33.1 Å². The maximum absolute atomic E-state index is 11.0. The average Bonchev–Trinajstić information content (AvgIpc) is 2.32. The summed E-state index contributed by atoms with van der Waals surface area (Å²) in [6.07, 6.45) is 0.247. The quantitative estimate of drug-likeness (QED) is 0.645. The van der Waals surface area contributed by atoms with Gasteiger partial charge < -0.3 is 15.2 Å². The number of anilines is 1. The summed E-state index contributed by atoms with van der Waals surface area (Å²) in [7, 11) is 1.37. The molecular formula is C14H21NO3. The number of benzene rings is 1. The largest absolute Gasteiger partial charge is 0.493 e. The molecule has 0 aliphatic carbocycles. The van der Waals surface area contributed by atoms with Crippen LogP contribution in [0.3, 0.4) is 0 Å². The minimum Gasteiger partial charge on any atom is -0.493 e. The fourth-order valence-electron chi connectivity index (χ4n) is 1.64. The molecule has 2 N–H and O–H groups in total. The van der Waals surface area contributed by atoms with Crippen molar-refractivity contribution in [3.05, 3.63) is 23.3 Å². The topological polar surface area (TPSA) is 61.5 Å². The molecule has 0 unspecified atom stereocenters. The Labute approximate surface area is 108 Å². The zero-order valence-corrected chi connectivity index (χ0v) is 11.4. The van der Waals surface area contributed by atoms with Crippen LogP contribution in [0.25, 0.3) is 0 Å². The van der Waals surface area contributed by atoms with E-state index in [9.17, 15) is 4.79 Å². The fourth-order valence-corrected chi connectivity index (χ4v) is 1.64. The summed E-state index contributed by atoms with van der Waals surface area (Å²) in [6, 6.07) is 3.86. The van der Waals surface area contributed by atoms with E-state index in [2.05, 4.69) is 18.6 Å². The summed E-state index contributed by atoms with van der Waals surface area (Å²) < 4.78 is 10.2. The van der Waals surface area contributed by atoms with Crippen molar-refractivity contribution in [2.75, 3.05) is 19.5 Å². The molecule has 1 aromatic rings. The van der Waals surface area contributed by atoms with E-state index >= 15 is 0 Å². The summed E-state index contributed by atoms with van der Waals surface area (Å²) in [4.78, 5) is 11.0. The SMILES string of the molecule is COC(=O)CCOc1cc(C)c(N)cc1C(C)C. The number of carbonyl (C=O) groups is 1. The van der Waals surface area contributed by atoms with E-state index in [-0.39, 0.29) is 12.4 Å². The van der Waals surface area contributed by atoms with E-state index in [4.69, 9.17) is 10.5 Å². The molecule has 0 spiro atoms. The van der Waals surface area contributed by atoms with Gasteiger partial charge in [-0.2, -0.15) is 0 Å². The number of nitrogen functional groups attached to an aromatic ring is 1. The lowest BCUT2D eigenvalue weighted by Gasteiger charge is -2.16. The van der Waals surface area contributed by atoms with E-state index in [0.717, 1.165) is 22.6 Å². The Morgan fingerprint density at radius 3 is 2.61 bits per heavy atom. The van der Waals surface area contributed by atoms with Crippen molar-refractivity contribution < 1.29 is 14.3 Å². The van der Waals surface area contributed by atoms with E-state index in [1.54, 1.807) is 0 Å². The zero-order valence-electron chi connectivity index (χ0n) is 11.4. The van der Waals surface area contributed by atoms with Crippen molar-refractivity contribution in [1.82, 2.24) is 0 Å². The Morgan fingerprint density at radius 1 is 1.39 bits per heavy atom. The summed E-state index contributed by atoms with van der Waals surface area (Å²) in [6.45, 7) is 6.41. The Morgan fingerprint density at radius 2 is 2.06 bits per heavy atom. The first-order valence-electron chi connectivity index (χ1n) is 6.05. The van der Waals surface area contributed by atoms with Gasteiger partial charge in [-0.05, 0) is 36.1 Å². The second kappa shape index (κ2) is 6.28.